The first-order chi connectivity index (χ1) is 50.1. The number of carbonyl (C=O) groups is 9. The molecule has 0 spiro atoms. The van der Waals surface area contributed by atoms with Gasteiger partial charge >= 0.3 is 18.0 Å². The predicted molar refractivity (Wildman–Crippen MR) is 382 cm³/mol. The van der Waals surface area contributed by atoms with Crippen LogP contribution in [-0.2, 0) is 85.6 Å². The summed E-state index contributed by atoms with van der Waals surface area (Å²) in [4.78, 5) is 131. The number of thiazole rings is 1. The number of aliphatic hydroxyl groups is 3. The molecule has 4 saturated carbocycles. The van der Waals surface area contributed by atoms with Crippen LogP contribution in [0.5, 0.6) is 0 Å². The van der Waals surface area contributed by atoms with Crippen molar-refractivity contribution < 1.29 is 95.9 Å². The van der Waals surface area contributed by atoms with Gasteiger partial charge in [-0.05, 0) is 146 Å². The summed E-state index contributed by atoms with van der Waals surface area (Å²) in [6.45, 7) is 10.2. The number of anilines is 3. The van der Waals surface area contributed by atoms with E-state index < -0.39 is 144 Å². The average Bonchev–Trinajstić information content (AvgIpc) is 0.748. The van der Waals surface area contributed by atoms with Crippen LogP contribution >= 0.6 is 11.3 Å². The highest BCUT2D eigenvalue weighted by Gasteiger charge is 2.66. The molecule has 5 fully saturated rings. The minimum atomic E-state index is -4.65. The third-order valence-corrected chi connectivity index (χ3v) is 22.7. The summed E-state index contributed by atoms with van der Waals surface area (Å²) < 4.78 is 55.8. The first-order valence-electron chi connectivity index (χ1n) is 34.9. The van der Waals surface area contributed by atoms with Gasteiger partial charge in [-0.3, -0.25) is 48.2 Å². The fourth-order valence-corrected chi connectivity index (χ4v) is 18.5. The fraction of sp³-hybridized carbons (Fsp3) is 0.479. The molecule has 13 rings (SSSR count). The molecule has 33 heteroatoms. The van der Waals surface area contributed by atoms with Gasteiger partial charge in [0.25, 0.3) is 27.8 Å². The number of nitrogens with zero attached hydrogens (tertiary/aromatic N) is 7. The van der Waals surface area contributed by atoms with Crippen LogP contribution in [0.4, 0.5) is 21.4 Å². The first-order valence-corrected chi connectivity index (χ1v) is 37.3. The Labute approximate surface area is 613 Å². The summed E-state index contributed by atoms with van der Waals surface area (Å²) in [6.07, 6.45) is -2.06. The highest BCUT2D eigenvalue weighted by molar-refractivity contribution is 7.85. The quantitative estimate of drug-likeness (QED) is 0.0239. The number of aromatic nitrogens is 4. The normalized spacial score (nSPS) is 25.1. The number of carboxylic acids is 2. The Bertz CT molecular complexity index is 4590. The monoisotopic (exact) mass is 1500 g/mol. The molecule has 1 saturated heterocycles. The van der Waals surface area contributed by atoms with Crippen molar-refractivity contribution in [2.45, 2.75) is 161 Å². The molecular formula is C73H85N11O20S2. The predicted octanol–water partition coefficient (Wildman–Crippen LogP) is 5.03. The van der Waals surface area contributed by atoms with E-state index in [4.69, 9.17) is 24.3 Å². The Morgan fingerprint density at radius 1 is 0.802 bits per heavy atom. The van der Waals surface area contributed by atoms with Crippen LogP contribution in [0.3, 0.4) is 0 Å². The Kier molecular flexibility index (Phi) is 21.5. The first kappa shape index (κ1) is 76.1. The summed E-state index contributed by atoms with van der Waals surface area (Å²) in [6, 6.07) is 18.5. The number of para-hydroxylation sites is 1. The average molecular weight is 1500 g/mol. The van der Waals surface area contributed by atoms with Gasteiger partial charge in [-0.25, -0.2) is 24.4 Å². The largest absolute Gasteiger partial charge is 0.479 e. The van der Waals surface area contributed by atoms with Crippen LogP contribution in [0.25, 0.3) is 21.3 Å². The molecule has 6 aromatic rings. The summed E-state index contributed by atoms with van der Waals surface area (Å²) in [7, 11) is -4.65. The van der Waals surface area contributed by atoms with Gasteiger partial charge in [-0.1, -0.05) is 69.4 Å². The lowest BCUT2D eigenvalue weighted by Crippen LogP contribution is -2.64. The molecule has 106 heavy (non-hydrogen) atoms. The number of aliphatic carboxylic acids is 1. The van der Waals surface area contributed by atoms with Gasteiger partial charge in [-0.2, -0.15) is 13.5 Å². The Morgan fingerprint density at radius 3 is 2.22 bits per heavy atom. The van der Waals surface area contributed by atoms with Crippen molar-refractivity contribution in [2.75, 3.05) is 54.1 Å². The number of amides is 7. The number of fused-ring (bicyclic) bond motifs is 2. The zero-order valence-electron chi connectivity index (χ0n) is 59.1. The number of aliphatic hydroxyl groups excluding tert-OH is 3. The number of rotatable bonds is 27. The number of carboxylic acid groups (broad SMARTS) is 2. The molecule has 3 aromatic heterocycles. The minimum Gasteiger partial charge on any atom is -0.479 e. The Hall–Kier alpha value is -9.61. The number of imide groups is 1. The van der Waals surface area contributed by atoms with Crippen LogP contribution < -0.4 is 26.2 Å². The summed E-state index contributed by atoms with van der Waals surface area (Å²) in [5.41, 5.74) is 3.54. The summed E-state index contributed by atoms with van der Waals surface area (Å²) in [5.74, 6) is -7.95. The van der Waals surface area contributed by atoms with Gasteiger partial charge in [0.05, 0.1) is 40.5 Å². The fourth-order valence-electron chi connectivity index (χ4n) is 17.2. The van der Waals surface area contributed by atoms with E-state index in [1.807, 2.05) is 52.9 Å². The van der Waals surface area contributed by atoms with Gasteiger partial charge in [-0.15, -0.1) is 0 Å². The number of aromatic carboxylic acids is 1. The molecule has 3 aromatic carbocycles. The number of hydrogen-bond donors (Lipinski definition) is 10. The number of carbonyl (C=O) groups excluding carboxylic acids is 7. The van der Waals surface area contributed by atoms with E-state index in [2.05, 4.69) is 40.1 Å². The van der Waals surface area contributed by atoms with E-state index in [1.54, 1.807) is 38.2 Å². The number of hydrogen-bond acceptors (Lipinski definition) is 22. The molecule has 564 valence electrons. The maximum absolute atomic E-state index is 14.3. The smallest absolute Gasteiger partial charge is 0.410 e. The third kappa shape index (κ3) is 16.5. The highest BCUT2D eigenvalue weighted by atomic mass is 32.2. The second kappa shape index (κ2) is 30.0. The van der Waals surface area contributed by atoms with Crippen molar-refractivity contribution >= 4 is 102 Å². The molecule has 4 bridgehead atoms. The molecule has 7 aliphatic rings. The van der Waals surface area contributed by atoms with E-state index in [-0.39, 0.29) is 57.8 Å². The Morgan fingerprint density at radius 2 is 1.53 bits per heavy atom. The molecule has 6 heterocycles. The molecule has 9 atom stereocenters. The zero-order valence-corrected chi connectivity index (χ0v) is 60.8. The van der Waals surface area contributed by atoms with Gasteiger partial charge in [0.15, 0.2) is 16.9 Å². The van der Waals surface area contributed by atoms with Crippen molar-refractivity contribution in [2.24, 2.45) is 22.2 Å². The van der Waals surface area contributed by atoms with Crippen molar-refractivity contribution in [3.8, 4) is 11.1 Å². The molecule has 2 unspecified atom stereocenters. The second-order valence-electron chi connectivity index (χ2n) is 30.0. The van der Waals surface area contributed by atoms with E-state index >= 15 is 0 Å². The molecule has 31 nitrogen and oxygen atoms in total. The van der Waals surface area contributed by atoms with Crippen molar-refractivity contribution in [1.29, 1.82) is 0 Å². The molecule has 3 aliphatic heterocycles. The zero-order chi connectivity index (χ0) is 76.1. The SMILES string of the molecule is Cc1c(-c2ccc(N3CCc4cccc(C(=O)Nc5nc6ccccc6s5)c4C3)nc2C(=O)O)cnn1CC12CC3(C)CC(C)(C1)CC(OCCN(CCS(=O)(=O)O)C(=O)OCc1ccc(NC(=O)[C@H](C)NC(=O)[C@@H](NC(=O)CN4C(=O)C=CC4=O)C(C)C)cc1C[C@@H]1O[C@H](C(=O)O)[C@@H](O)[C@H](O)[C@H]1O)(C3)C2. The Balaban J connectivity index is 0.719. The van der Waals surface area contributed by atoms with E-state index in [0.717, 1.165) is 63.4 Å². The lowest BCUT2D eigenvalue weighted by atomic mass is 9.39. The molecule has 4 aliphatic carbocycles. The van der Waals surface area contributed by atoms with E-state index in [1.165, 1.54) is 36.5 Å². The highest BCUT2D eigenvalue weighted by Crippen LogP contribution is 2.72. The van der Waals surface area contributed by atoms with Gasteiger partial charge < -0.3 is 65.5 Å². The van der Waals surface area contributed by atoms with Gasteiger partial charge in [0, 0.05) is 79.4 Å². The van der Waals surface area contributed by atoms with E-state index in [0.29, 0.717) is 77.9 Å². The van der Waals surface area contributed by atoms with Crippen molar-refractivity contribution in [3.05, 3.63) is 130 Å². The van der Waals surface area contributed by atoms with Crippen molar-refractivity contribution in [1.82, 2.24) is 40.2 Å². The van der Waals surface area contributed by atoms with Crippen LogP contribution in [0.2, 0.25) is 0 Å². The van der Waals surface area contributed by atoms with Crippen LogP contribution in [0.1, 0.15) is 122 Å². The molecular weight excluding hydrogens is 1410 g/mol. The number of pyridine rings is 1. The van der Waals surface area contributed by atoms with Crippen LogP contribution in [-0.4, -0.2) is 208 Å². The third-order valence-electron chi connectivity index (χ3n) is 21.0. The molecule has 0 radical (unpaired) electrons. The maximum Gasteiger partial charge on any atom is 0.410 e. The molecule has 10 N–H and O–H groups in total. The number of nitrogens with one attached hydrogen (secondary N) is 4. The second-order valence-corrected chi connectivity index (χ2v) is 32.6. The van der Waals surface area contributed by atoms with Crippen LogP contribution in [0.15, 0.2) is 91.1 Å². The van der Waals surface area contributed by atoms with Gasteiger partial charge in [0.1, 0.15) is 49.4 Å². The lowest BCUT2D eigenvalue weighted by Gasteiger charge is -2.69. The van der Waals surface area contributed by atoms with Gasteiger partial charge in [0.2, 0.25) is 17.7 Å². The lowest BCUT2D eigenvalue weighted by molar-refractivity contribution is -0.248. The topological polar surface area (TPSA) is 438 Å². The summed E-state index contributed by atoms with van der Waals surface area (Å²) in [5, 5.41) is 69.1. The maximum atomic E-state index is 14.3. The number of benzene rings is 3. The van der Waals surface area contributed by atoms with Crippen molar-refractivity contribution in [3.63, 3.8) is 0 Å². The van der Waals surface area contributed by atoms with E-state index in [9.17, 15) is 81.7 Å². The standard InChI is InChI=1S/C73H85N11O20S2/c1-39(2)57(79-54(85)30-83-55(86)18-19-56(83)87)65(93)75-40(3)63(91)76-45-15-14-43(44(26-45)27-51-59(88)60(89)61(90)62(104-51)67(96)97)31-102-69(98)81(23-25-106(99,100)101)22-24-103-73-35-70(5)32-71(6,36-73)34-72(33-70,37-73)38-84-41(4)48(28-74-84)46-16-17-53(78-58(46)66(94)95)82-21-20-42-10-9-11-47(49(42)29-82)64(92)80-68-77-50-12-7-8-13-52(50)105-68/h7-19,26,28,39-40,51,57,59-62,88-90H,20-25,27,29-38H2,1-6H3,(H,75,93)(H,76,91)(H,79,85)(H,94,95)(H,96,97)(H,77,80,92)(H,99,100,101)/t40-,51-,57-,59-,60+,61-,62-,70?,71?,72?,73?/m0/s1. The van der Waals surface area contributed by atoms with Crippen LogP contribution in [0, 0.1) is 29.1 Å². The minimum absolute atomic E-state index is 0.0571. The molecule has 7 amide bonds. The number of ether oxygens (including phenoxy) is 3. The summed E-state index contributed by atoms with van der Waals surface area (Å²) >= 11 is 1.38.